The van der Waals surface area contributed by atoms with Crippen LogP contribution in [0.2, 0.25) is 0 Å². The minimum Gasteiger partial charge on any atom is -0.392 e. The highest BCUT2D eigenvalue weighted by Crippen LogP contribution is 2.11. The first-order valence-electron chi connectivity index (χ1n) is 6.48. The Balaban J connectivity index is 1.94. The zero-order chi connectivity index (χ0) is 15.2. The highest BCUT2D eigenvalue weighted by Gasteiger charge is 2.08. The summed E-state index contributed by atoms with van der Waals surface area (Å²) >= 11 is 0. The predicted octanol–water partition coefficient (Wildman–Crippen LogP) is 2.32. The van der Waals surface area contributed by atoms with E-state index in [0.29, 0.717) is 11.1 Å². The van der Waals surface area contributed by atoms with Gasteiger partial charge < -0.3 is 10.4 Å². The summed E-state index contributed by atoms with van der Waals surface area (Å²) in [6.07, 6.45) is -0.0548. The zero-order valence-corrected chi connectivity index (χ0v) is 11.3. The highest BCUT2D eigenvalue weighted by molar-refractivity contribution is 5.78. The third-order valence-electron chi connectivity index (χ3n) is 3.08. The van der Waals surface area contributed by atoms with Crippen LogP contribution in [-0.4, -0.2) is 11.0 Å². The first-order chi connectivity index (χ1) is 10.1. The number of carbonyl (C=O) groups is 1. The largest absolute Gasteiger partial charge is 0.392 e. The number of rotatable bonds is 5. The van der Waals surface area contributed by atoms with Gasteiger partial charge in [-0.3, -0.25) is 4.79 Å². The molecular weight excluding hydrogens is 276 g/mol. The Morgan fingerprint density at radius 1 is 1.05 bits per heavy atom. The minimum atomic E-state index is -0.487. The molecule has 0 atom stereocenters. The number of halogens is 2. The fourth-order valence-electron chi connectivity index (χ4n) is 1.94. The number of nitrogens with one attached hydrogen (secondary N) is 1. The fourth-order valence-corrected chi connectivity index (χ4v) is 1.94. The Morgan fingerprint density at radius 2 is 1.76 bits per heavy atom. The van der Waals surface area contributed by atoms with Crippen molar-refractivity contribution in [3.05, 3.63) is 70.8 Å². The SMILES string of the molecule is O=C(Cc1ccccc1F)NCc1ccc(F)c(CO)c1. The van der Waals surface area contributed by atoms with Crippen LogP contribution in [0, 0.1) is 11.6 Å². The van der Waals surface area contributed by atoms with E-state index < -0.39 is 18.2 Å². The second kappa shape index (κ2) is 6.95. The molecule has 21 heavy (non-hydrogen) atoms. The molecule has 2 rings (SSSR count). The number of aliphatic hydroxyl groups is 1. The van der Waals surface area contributed by atoms with Gasteiger partial charge in [0.1, 0.15) is 11.6 Å². The van der Waals surface area contributed by atoms with E-state index in [2.05, 4.69) is 5.32 Å². The molecule has 0 heterocycles. The van der Waals surface area contributed by atoms with Crippen molar-refractivity contribution in [2.45, 2.75) is 19.6 Å². The van der Waals surface area contributed by atoms with Gasteiger partial charge in [-0.05, 0) is 29.3 Å². The molecule has 5 heteroatoms. The minimum absolute atomic E-state index is 0.0548. The van der Waals surface area contributed by atoms with Gasteiger partial charge in [-0.25, -0.2) is 8.78 Å². The monoisotopic (exact) mass is 291 g/mol. The number of carbonyl (C=O) groups excluding carboxylic acids is 1. The normalized spacial score (nSPS) is 10.4. The van der Waals surface area contributed by atoms with Gasteiger partial charge in [0, 0.05) is 12.1 Å². The molecule has 0 bridgehead atoms. The average Bonchev–Trinajstić information content (AvgIpc) is 2.49. The van der Waals surface area contributed by atoms with Crippen LogP contribution in [0.3, 0.4) is 0 Å². The van der Waals surface area contributed by atoms with Crippen LogP contribution in [0.25, 0.3) is 0 Å². The Labute approximate surface area is 121 Å². The number of aliphatic hydroxyl groups excluding tert-OH is 1. The maximum Gasteiger partial charge on any atom is 0.224 e. The molecule has 0 saturated heterocycles. The maximum atomic E-state index is 13.4. The molecule has 2 aromatic carbocycles. The summed E-state index contributed by atoms with van der Waals surface area (Å²) in [5, 5.41) is 11.6. The van der Waals surface area contributed by atoms with Crippen LogP contribution in [0.4, 0.5) is 8.78 Å². The van der Waals surface area contributed by atoms with Gasteiger partial charge in [-0.15, -0.1) is 0 Å². The summed E-state index contributed by atoms with van der Waals surface area (Å²) in [5.41, 5.74) is 1.17. The quantitative estimate of drug-likeness (QED) is 0.888. The molecule has 0 aliphatic carbocycles. The van der Waals surface area contributed by atoms with Crippen molar-refractivity contribution < 1.29 is 18.7 Å². The van der Waals surface area contributed by atoms with E-state index in [0.717, 1.165) is 0 Å². The van der Waals surface area contributed by atoms with Crippen LogP contribution < -0.4 is 5.32 Å². The van der Waals surface area contributed by atoms with Crippen molar-refractivity contribution in [2.24, 2.45) is 0 Å². The lowest BCUT2D eigenvalue weighted by molar-refractivity contribution is -0.120. The van der Waals surface area contributed by atoms with Crippen molar-refractivity contribution in [1.29, 1.82) is 0 Å². The van der Waals surface area contributed by atoms with Gasteiger partial charge in [0.2, 0.25) is 5.91 Å². The van der Waals surface area contributed by atoms with Crippen LogP contribution in [0.15, 0.2) is 42.5 Å². The van der Waals surface area contributed by atoms with E-state index >= 15 is 0 Å². The molecule has 0 saturated carbocycles. The van der Waals surface area contributed by atoms with Gasteiger partial charge in [0.15, 0.2) is 0 Å². The first-order valence-corrected chi connectivity index (χ1v) is 6.48. The number of hydrogen-bond donors (Lipinski definition) is 2. The van der Waals surface area contributed by atoms with Gasteiger partial charge >= 0.3 is 0 Å². The molecule has 2 aromatic rings. The Hall–Kier alpha value is -2.27. The average molecular weight is 291 g/mol. The van der Waals surface area contributed by atoms with Crippen molar-refractivity contribution in [3.63, 3.8) is 0 Å². The summed E-state index contributed by atoms with van der Waals surface area (Å²) in [6.45, 7) is -0.205. The molecule has 3 nitrogen and oxygen atoms in total. The summed E-state index contributed by atoms with van der Waals surface area (Å²) < 4.78 is 26.6. The number of amides is 1. The van der Waals surface area contributed by atoms with Crippen molar-refractivity contribution in [3.8, 4) is 0 Å². The summed E-state index contributed by atoms with van der Waals surface area (Å²) in [4.78, 5) is 11.8. The Morgan fingerprint density at radius 3 is 2.48 bits per heavy atom. The van der Waals surface area contributed by atoms with Crippen molar-refractivity contribution in [1.82, 2.24) is 5.32 Å². The lowest BCUT2D eigenvalue weighted by Crippen LogP contribution is -2.25. The van der Waals surface area contributed by atoms with Crippen molar-refractivity contribution in [2.75, 3.05) is 0 Å². The number of hydrogen-bond acceptors (Lipinski definition) is 2. The van der Waals surface area contributed by atoms with Crippen LogP contribution >= 0.6 is 0 Å². The third-order valence-corrected chi connectivity index (χ3v) is 3.08. The van der Waals surface area contributed by atoms with Crippen LogP contribution in [-0.2, 0) is 24.4 Å². The molecule has 0 fully saturated rings. The summed E-state index contributed by atoms with van der Waals surface area (Å²) in [6, 6.07) is 10.3. The van der Waals surface area contributed by atoms with Gasteiger partial charge in [0.05, 0.1) is 13.0 Å². The second-order valence-electron chi connectivity index (χ2n) is 4.63. The summed E-state index contributed by atoms with van der Waals surface area (Å²) in [5.74, 6) is -1.23. The zero-order valence-electron chi connectivity index (χ0n) is 11.3. The van der Waals surface area contributed by atoms with E-state index in [1.54, 1.807) is 18.2 Å². The van der Waals surface area contributed by atoms with E-state index in [1.807, 2.05) is 0 Å². The van der Waals surface area contributed by atoms with Gasteiger partial charge in [0.25, 0.3) is 0 Å². The molecular formula is C16H15F2NO2. The van der Waals surface area contributed by atoms with Crippen LogP contribution in [0.5, 0.6) is 0 Å². The first kappa shape index (κ1) is 15.1. The topological polar surface area (TPSA) is 49.3 Å². The molecule has 1 amide bonds. The molecule has 0 spiro atoms. The summed E-state index contributed by atoms with van der Waals surface area (Å²) in [7, 11) is 0. The molecule has 0 radical (unpaired) electrons. The molecule has 0 aliphatic rings. The Kier molecular flexibility index (Phi) is 5.00. The molecule has 0 aliphatic heterocycles. The maximum absolute atomic E-state index is 13.4. The van der Waals surface area contributed by atoms with E-state index in [9.17, 15) is 13.6 Å². The molecule has 2 N–H and O–H groups in total. The molecule has 0 aromatic heterocycles. The smallest absolute Gasteiger partial charge is 0.224 e. The number of benzene rings is 2. The van der Waals surface area contributed by atoms with Crippen molar-refractivity contribution >= 4 is 5.91 Å². The molecule has 110 valence electrons. The lowest BCUT2D eigenvalue weighted by Gasteiger charge is -2.08. The predicted molar refractivity (Wildman–Crippen MR) is 74.3 cm³/mol. The van der Waals surface area contributed by atoms with Crippen LogP contribution in [0.1, 0.15) is 16.7 Å². The van der Waals surface area contributed by atoms with Gasteiger partial charge in [-0.1, -0.05) is 24.3 Å². The second-order valence-corrected chi connectivity index (χ2v) is 4.63. The fraction of sp³-hybridized carbons (Fsp3) is 0.188. The lowest BCUT2D eigenvalue weighted by atomic mass is 10.1. The molecule has 0 unspecified atom stereocenters. The Bertz CT molecular complexity index is 644. The standard InChI is InChI=1S/C16H15F2NO2/c17-14-4-2-1-3-12(14)8-16(21)19-9-11-5-6-15(18)13(7-11)10-20/h1-7,20H,8-10H2,(H,19,21). The van der Waals surface area contributed by atoms with Gasteiger partial charge in [-0.2, -0.15) is 0 Å². The highest BCUT2D eigenvalue weighted by atomic mass is 19.1. The van der Waals surface area contributed by atoms with E-state index in [4.69, 9.17) is 5.11 Å². The van der Waals surface area contributed by atoms with E-state index in [1.165, 1.54) is 24.3 Å². The van der Waals surface area contributed by atoms with E-state index in [-0.39, 0.29) is 24.4 Å². The third kappa shape index (κ3) is 4.10.